The molecule has 0 heterocycles. The summed E-state index contributed by atoms with van der Waals surface area (Å²) >= 11 is 0. The van der Waals surface area contributed by atoms with Gasteiger partial charge in [0.25, 0.3) is 0 Å². The Morgan fingerprint density at radius 1 is 1.42 bits per heavy atom. The molecule has 1 nitrogen and oxygen atoms in total. The fourth-order valence-corrected chi connectivity index (χ4v) is 2.90. The van der Waals surface area contributed by atoms with E-state index in [4.69, 9.17) is 0 Å². The van der Waals surface area contributed by atoms with Crippen LogP contribution in [0.1, 0.15) is 33.6 Å². The molecule has 3 aliphatic rings. The van der Waals surface area contributed by atoms with Gasteiger partial charge in [0.2, 0.25) is 0 Å². The zero-order chi connectivity index (χ0) is 8.93. The smallest absolute Gasteiger partial charge is 0.0613 e. The van der Waals surface area contributed by atoms with E-state index in [-0.39, 0.29) is 6.10 Å². The molecule has 0 aromatic heterocycles. The first kappa shape index (κ1) is 8.31. The Bertz CT molecular complexity index is 227. The molecule has 68 valence electrons. The average molecular weight is 166 g/mol. The average Bonchev–Trinajstić information content (AvgIpc) is 2.19. The van der Waals surface area contributed by atoms with Gasteiger partial charge in [-0.05, 0) is 37.0 Å². The summed E-state index contributed by atoms with van der Waals surface area (Å²) in [5.74, 6) is 1.03. The minimum Gasteiger partial charge on any atom is -0.392 e. The summed E-state index contributed by atoms with van der Waals surface area (Å²) in [7, 11) is 0. The van der Waals surface area contributed by atoms with Crippen molar-refractivity contribution in [2.75, 3.05) is 0 Å². The van der Waals surface area contributed by atoms with E-state index < -0.39 is 0 Å². The van der Waals surface area contributed by atoms with Crippen molar-refractivity contribution in [3.63, 3.8) is 0 Å². The van der Waals surface area contributed by atoms with E-state index in [1.165, 1.54) is 5.57 Å². The highest BCUT2D eigenvalue weighted by Crippen LogP contribution is 2.57. The van der Waals surface area contributed by atoms with Crippen LogP contribution in [0, 0.1) is 17.3 Å². The SMILES string of the molecule is CC1=CC[C@@H]2[C@H](O)[C@H](C1)C2(C)C. The van der Waals surface area contributed by atoms with Crippen LogP contribution in [0.2, 0.25) is 0 Å². The zero-order valence-electron chi connectivity index (χ0n) is 8.17. The van der Waals surface area contributed by atoms with Gasteiger partial charge in [0, 0.05) is 0 Å². The molecule has 3 aliphatic carbocycles. The highest BCUT2D eigenvalue weighted by Gasteiger charge is 2.55. The predicted molar refractivity (Wildman–Crippen MR) is 49.8 cm³/mol. The van der Waals surface area contributed by atoms with Gasteiger partial charge in [0.15, 0.2) is 0 Å². The molecule has 0 aromatic rings. The van der Waals surface area contributed by atoms with E-state index in [9.17, 15) is 5.11 Å². The summed E-state index contributed by atoms with van der Waals surface area (Å²) in [4.78, 5) is 0. The Hall–Kier alpha value is -0.300. The summed E-state index contributed by atoms with van der Waals surface area (Å²) in [6.45, 7) is 6.77. The van der Waals surface area contributed by atoms with Crippen molar-refractivity contribution in [2.24, 2.45) is 17.3 Å². The summed E-state index contributed by atoms with van der Waals surface area (Å²) < 4.78 is 0. The highest BCUT2D eigenvalue weighted by atomic mass is 16.3. The van der Waals surface area contributed by atoms with Crippen LogP contribution in [-0.4, -0.2) is 11.2 Å². The molecule has 0 amide bonds. The summed E-state index contributed by atoms with van der Waals surface area (Å²) in [6.07, 6.45) is 4.46. The minimum absolute atomic E-state index is 0.0336. The van der Waals surface area contributed by atoms with Crippen molar-refractivity contribution in [3.8, 4) is 0 Å². The lowest BCUT2D eigenvalue weighted by molar-refractivity contribution is -0.150. The maximum absolute atomic E-state index is 9.83. The molecule has 0 radical (unpaired) electrons. The first-order valence-electron chi connectivity index (χ1n) is 4.87. The van der Waals surface area contributed by atoms with Gasteiger partial charge in [-0.25, -0.2) is 0 Å². The lowest BCUT2D eigenvalue weighted by Crippen LogP contribution is -2.56. The molecule has 2 bridgehead atoms. The van der Waals surface area contributed by atoms with Crippen LogP contribution in [-0.2, 0) is 0 Å². The van der Waals surface area contributed by atoms with Crippen molar-refractivity contribution in [3.05, 3.63) is 11.6 Å². The van der Waals surface area contributed by atoms with Crippen LogP contribution < -0.4 is 0 Å². The van der Waals surface area contributed by atoms with Crippen LogP contribution in [0.15, 0.2) is 11.6 Å². The number of fused-ring (bicyclic) bond motifs is 2. The van der Waals surface area contributed by atoms with Gasteiger partial charge in [-0.1, -0.05) is 25.5 Å². The van der Waals surface area contributed by atoms with Crippen LogP contribution >= 0.6 is 0 Å². The molecule has 3 atom stereocenters. The Labute approximate surface area is 74.5 Å². The Morgan fingerprint density at radius 2 is 2.08 bits per heavy atom. The largest absolute Gasteiger partial charge is 0.392 e. The van der Waals surface area contributed by atoms with Gasteiger partial charge in [0.05, 0.1) is 6.10 Å². The van der Waals surface area contributed by atoms with Gasteiger partial charge >= 0.3 is 0 Å². The molecule has 0 spiro atoms. The van der Waals surface area contributed by atoms with Crippen molar-refractivity contribution in [2.45, 2.75) is 39.7 Å². The van der Waals surface area contributed by atoms with Gasteiger partial charge in [0.1, 0.15) is 0 Å². The highest BCUT2D eigenvalue weighted by molar-refractivity contribution is 5.16. The normalized spacial score (nSPS) is 44.3. The molecule has 12 heavy (non-hydrogen) atoms. The standard InChI is InChI=1S/C11H18O/c1-7-4-5-8-10(12)9(6-7)11(8,2)3/h4,8-10,12H,5-6H2,1-3H3/t8-,9+,10+/m1/s1. The quantitative estimate of drug-likeness (QED) is 0.548. The van der Waals surface area contributed by atoms with Gasteiger partial charge < -0.3 is 5.11 Å². The second kappa shape index (κ2) is 2.35. The third-order valence-corrected chi connectivity index (χ3v) is 4.00. The van der Waals surface area contributed by atoms with Crippen molar-refractivity contribution in [1.29, 1.82) is 0 Å². The fourth-order valence-electron chi connectivity index (χ4n) is 2.90. The van der Waals surface area contributed by atoms with Gasteiger partial charge in [-0.3, -0.25) is 0 Å². The molecule has 0 aliphatic heterocycles. The number of aliphatic hydroxyl groups is 1. The zero-order valence-corrected chi connectivity index (χ0v) is 8.17. The van der Waals surface area contributed by atoms with E-state index >= 15 is 0 Å². The molecule has 1 saturated carbocycles. The van der Waals surface area contributed by atoms with Gasteiger partial charge in [-0.2, -0.15) is 0 Å². The predicted octanol–water partition coefficient (Wildman–Crippen LogP) is 2.36. The summed E-state index contributed by atoms with van der Waals surface area (Å²) in [6, 6.07) is 0. The van der Waals surface area contributed by atoms with Crippen molar-refractivity contribution in [1.82, 2.24) is 0 Å². The Morgan fingerprint density at radius 3 is 2.67 bits per heavy atom. The molecule has 0 saturated heterocycles. The van der Waals surface area contributed by atoms with Crippen LogP contribution in [0.5, 0.6) is 0 Å². The van der Waals surface area contributed by atoms with Crippen molar-refractivity contribution >= 4 is 0 Å². The third-order valence-electron chi connectivity index (χ3n) is 4.00. The van der Waals surface area contributed by atoms with E-state index in [0.29, 0.717) is 17.3 Å². The maximum atomic E-state index is 9.83. The Kier molecular flexibility index (Phi) is 1.63. The second-order valence-electron chi connectivity index (χ2n) is 5.02. The van der Waals surface area contributed by atoms with Crippen LogP contribution in [0.25, 0.3) is 0 Å². The molecule has 1 fully saturated rings. The first-order chi connectivity index (χ1) is 5.53. The number of hydrogen-bond donors (Lipinski definition) is 1. The molecule has 1 N–H and O–H groups in total. The van der Waals surface area contributed by atoms with Crippen LogP contribution in [0.4, 0.5) is 0 Å². The number of aliphatic hydroxyl groups excluding tert-OH is 1. The van der Waals surface area contributed by atoms with E-state index in [0.717, 1.165) is 12.8 Å². The number of rotatable bonds is 0. The molecule has 1 heteroatoms. The molecular formula is C11H18O. The van der Waals surface area contributed by atoms with Crippen LogP contribution in [0.3, 0.4) is 0 Å². The Balaban J connectivity index is 2.24. The van der Waals surface area contributed by atoms with E-state index in [1.807, 2.05) is 0 Å². The monoisotopic (exact) mass is 166 g/mol. The minimum atomic E-state index is -0.0336. The van der Waals surface area contributed by atoms with E-state index in [1.54, 1.807) is 0 Å². The lowest BCUT2D eigenvalue weighted by Gasteiger charge is -2.55. The summed E-state index contributed by atoms with van der Waals surface area (Å²) in [5, 5.41) is 9.83. The molecule has 0 unspecified atom stereocenters. The van der Waals surface area contributed by atoms with Crippen molar-refractivity contribution < 1.29 is 5.11 Å². The fraction of sp³-hybridized carbons (Fsp3) is 0.818. The molecular weight excluding hydrogens is 148 g/mol. The topological polar surface area (TPSA) is 20.2 Å². The number of hydrogen-bond acceptors (Lipinski definition) is 1. The lowest BCUT2D eigenvalue weighted by atomic mass is 9.52. The molecule has 0 aromatic carbocycles. The maximum Gasteiger partial charge on any atom is 0.0613 e. The summed E-state index contributed by atoms with van der Waals surface area (Å²) in [5.41, 5.74) is 1.83. The first-order valence-corrected chi connectivity index (χ1v) is 4.87. The van der Waals surface area contributed by atoms with Gasteiger partial charge in [-0.15, -0.1) is 0 Å². The number of allylic oxidation sites excluding steroid dienone is 2. The van der Waals surface area contributed by atoms with E-state index in [2.05, 4.69) is 26.8 Å². The second-order valence-corrected chi connectivity index (χ2v) is 5.02. The molecule has 3 rings (SSSR count). The third kappa shape index (κ3) is 0.891.